The molecule has 2 aromatic rings. The van der Waals surface area contributed by atoms with Gasteiger partial charge in [-0.2, -0.15) is 18.4 Å². The Morgan fingerprint density at radius 1 is 1.33 bits per heavy atom. The zero-order valence-electron chi connectivity index (χ0n) is 16.3. The van der Waals surface area contributed by atoms with Crippen molar-refractivity contribution in [1.82, 2.24) is 0 Å². The van der Waals surface area contributed by atoms with Crippen molar-refractivity contribution < 1.29 is 27.5 Å². The number of carbonyl (C=O) groups excluding carboxylic acids is 2. The first-order valence-corrected chi connectivity index (χ1v) is 10.9. The van der Waals surface area contributed by atoms with Crippen LogP contribution in [0.25, 0.3) is 0 Å². The van der Waals surface area contributed by atoms with Gasteiger partial charge in [0.25, 0.3) is 0 Å². The summed E-state index contributed by atoms with van der Waals surface area (Å²) in [6.07, 6.45) is -3.48. The molecule has 0 radical (unpaired) electrons. The molecule has 1 aromatic carbocycles. The first-order valence-electron chi connectivity index (χ1n) is 9.08. The molecular weight excluding hydrogens is 435 g/mol. The lowest BCUT2D eigenvalue weighted by Gasteiger charge is -2.29. The molecule has 0 saturated heterocycles. The van der Waals surface area contributed by atoms with Crippen LogP contribution >= 0.6 is 23.1 Å². The van der Waals surface area contributed by atoms with Crippen molar-refractivity contribution in [2.24, 2.45) is 5.41 Å². The summed E-state index contributed by atoms with van der Waals surface area (Å²) < 4.78 is 44.1. The number of nitriles is 1. The van der Waals surface area contributed by atoms with E-state index in [1.807, 2.05) is 13.8 Å². The van der Waals surface area contributed by atoms with Gasteiger partial charge in [0.2, 0.25) is 0 Å². The Kier molecular flexibility index (Phi) is 6.29. The van der Waals surface area contributed by atoms with Gasteiger partial charge in [0, 0.05) is 17.7 Å². The predicted octanol–water partition coefficient (Wildman–Crippen LogP) is 5.74. The highest BCUT2D eigenvalue weighted by molar-refractivity contribution is 8.01. The van der Waals surface area contributed by atoms with Gasteiger partial charge in [-0.15, -0.1) is 23.1 Å². The van der Waals surface area contributed by atoms with E-state index < -0.39 is 17.7 Å². The second-order valence-electron chi connectivity index (χ2n) is 7.69. The van der Waals surface area contributed by atoms with Gasteiger partial charge >= 0.3 is 12.1 Å². The fraction of sp³-hybridized carbons (Fsp3) is 0.381. The molecule has 0 unspecified atom stereocenters. The van der Waals surface area contributed by atoms with Crippen molar-refractivity contribution in [3.8, 4) is 6.07 Å². The van der Waals surface area contributed by atoms with Crippen molar-refractivity contribution in [3.05, 3.63) is 51.4 Å². The number of carbonyl (C=O) groups is 2. The number of halogens is 3. The van der Waals surface area contributed by atoms with Gasteiger partial charge in [-0.3, -0.25) is 4.79 Å². The van der Waals surface area contributed by atoms with E-state index in [1.165, 1.54) is 29.2 Å². The molecule has 0 saturated carbocycles. The van der Waals surface area contributed by atoms with Gasteiger partial charge in [0.15, 0.2) is 5.78 Å². The maximum absolute atomic E-state index is 12.8. The van der Waals surface area contributed by atoms with E-state index in [0.29, 0.717) is 29.0 Å². The van der Waals surface area contributed by atoms with E-state index in [-0.39, 0.29) is 23.4 Å². The summed E-state index contributed by atoms with van der Waals surface area (Å²) >= 11 is 2.56. The number of alkyl halides is 3. The van der Waals surface area contributed by atoms with Gasteiger partial charge in [-0.1, -0.05) is 19.9 Å². The van der Waals surface area contributed by atoms with E-state index in [0.717, 1.165) is 28.0 Å². The largest absolute Gasteiger partial charge is 0.461 e. The first kappa shape index (κ1) is 22.4. The number of thiophene rings is 1. The molecule has 3 rings (SSSR count). The third-order valence-corrected chi connectivity index (χ3v) is 7.00. The summed E-state index contributed by atoms with van der Waals surface area (Å²) in [5.74, 6) is -0.521. The standard InChI is InChI=1S/C21H18F3NO3S2/c1-20(2)9-14-16(11-25)30-19(17(14)15(26)10-20)29-7-6-28-18(27)12-4-3-5-13(8-12)21(22,23)24/h3-5,8H,6-7,9-10H2,1-2H3. The fourth-order valence-corrected chi connectivity index (χ4v) is 5.66. The number of rotatable bonds is 5. The molecule has 0 spiro atoms. The van der Waals surface area contributed by atoms with Crippen LogP contribution in [0, 0.1) is 16.7 Å². The van der Waals surface area contributed by atoms with Gasteiger partial charge in [-0.05, 0) is 35.6 Å². The molecule has 0 aliphatic heterocycles. The van der Waals surface area contributed by atoms with Crippen LogP contribution in [0.5, 0.6) is 0 Å². The summed E-state index contributed by atoms with van der Waals surface area (Å²) in [6, 6.07) is 6.22. The quantitative estimate of drug-likeness (QED) is 0.328. The third kappa shape index (κ3) is 4.87. The van der Waals surface area contributed by atoms with E-state index >= 15 is 0 Å². The molecule has 9 heteroatoms. The molecule has 1 aliphatic rings. The molecular formula is C21H18F3NO3S2. The molecule has 30 heavy (non-hydrogen) atoms. The number of nitrogens with zero attached hydrogens (tertiary/aromatic N) is 1. The zero-order valence-corrected chi connectivity index (χ0v) is 17.9. The number of benzene rings is 1. The maximum atomic E-state index is 12.8. The number of esters is 1. The van der Waals surface area contributed by atoms with E-state index in [9.17, 15) is 28.0 Å². The van der Waals surface area contributed by atoms with E-state index in [2.05, 4.69) is 6.07 Å². The number of ketones is 1. The fourth-order valence-electron chi connectivity index (χ4n) is 3.32. The molecule has 0 fully saturated rings. The average molecular weight is 454 g/mol. The number of hydrogen-bond acceptors (Lipinski definition) is 6. The lowest BCUT2D eigenvalue weighted by Crippen LogP contribution is -2.26. The van der Waals surface area contributed by atoms with Crippen LogP contribution in [-0.2, 0) is 17.3 Å². The normalized spacial score (nSPS) is 15.4. The van der Waals surface area contributed by atoms with Crippen molar-refractivity contribution in [1.29, 1.82) is 5.26 Å². The van der Waals surface area contributed by atoms with Gasteiger partial charge < -0.3 is 4.74 Å². The average Bonchev–Trinajstić information content (AvgIpc) is 3.01. The van der Waals surface area contributed by atoms with E-state index in [1.54, 1.807) is 0 Å². The Morgan fingerprint density at radius 3 is 2.73 bits per heavy atom. The van der Waals surface area contributed by atoms with Crippen LogP contribution in [0.2, 0.25) is 0 Å². The number of fused-ring (bicyclic) bond motifs is 1. The molecule has 1 aromatic heterocycles. The van der Waals surface area contributed by atoms with Crippen molar-refractivity contribution in [2.75, 3.05) is 12.4 Å². The Hall–Kier alpha value is -2.31. The highest BCUT2D eigenvalue weighted by Crippen LogP contribution is 2.44. The van der Waals surface area contributed by atoms with Crippen LogP contribution in [0.3, 0.4) is 0 Å². The van der Waals surface area contributed by atoms with E-state index in [4.69, 9.17) is 4.74 Å². The Balaban J connectivity index is 1.63. The predicted molar refractivity (Wildman–Crippen MR) is 108 cm³/mol. The number of Topliss-reactive ketones (excluding diaryl/α,β-unsaturated/α-hetero) is 1. The molecule has 0 atom stereocenters. The topological polar surface area (TPSA) is 67.2 Å². The SMILES string of the molecule is CC1(C)CC(=O)c2c(SCCOC(=O)c3cccc(C(F)(F)F)c3)sc(C#N)c2C1. The smallest absolute Gasteiger partial charge is 0.416 e. The summed E-state index contributed by atoms with van der Waals surface area (Å²) in [6.45, 7) is 3.95. The van der Waals surface area contributed by atoms with Gasteiger partial charge in [0.05, 0.1) is 15.3 Å². The lowest BCUT2D eigenvalue weighted by atomic mass is 9.74. The molecule has 0 bridgehead atoms. The third-order valence-electron chi connectivity index (χ3n) is 4.62. The number of thioether (sulfide) groups is 1. The monoisotopic (exact) mass is 453 g/mol. The van der Waals surface area contributed by atoms with Crippen LogP contribution in [0.15, 0.2) is 28.5 Å². The van der Waals surface area contributed by atoms with Crippen LogP contribution < -0.4 is 0 Å². The minimum Gasteiger partial charge on any atom is -0.461 e. The van der Waals surface area contributed by atoms with Gasteiger partial charge in [0.1, 0.15) is 17.6 Å². The summed E-state index contributed by atoms with van der Waals surface area (Å²) in [5, 5.41) is 9.40. The minimum absolute atomic E-state index is 0.00228. The summed E-state index contributed by atoms with van der Waals surface area (Å²) in [4.78, 5) is 25.2. The minimum atomic E-state index is -4.54. The summed E-state index contributed by atoms with van der Waals surface area (Å²) in [7, 11) is 0. The molecule has 0 N–H and O–H groups in total. The molecule has 158 valence electrons. The highest BCUT2D eigenvalue weighted by atomic mass is 32.2. The second kappa shape index (κ2) is 8.44. The molecule has 1 heterocycles. The van der Waals surface area contributed by atoms with Crippen molar-refractivity contribution >= 4 is 34.9 Å². The maximum Gasteiger partial charge on any atom is 0.416 e. The van der Waals surface area contributed by atoms with Gasteiger partial charge in [-0.25, -0.2) is 4.79 Å². The number of hydrogen-bond donors (Lipinski definition) is 0. The first-order chi connectivity index (χ1) is 14.0. The zero-order chi connectivity index (χ0) is 22.1. The molecule has 0 amide bonds. The van der Waals surface area contributed by atoms with Crippen LogP contribution in [-0.4, -0.2) is 24.1 Å². The molecule has 1 aliphatic carbocycles. The Bertz CT molecular complexity index is 1040. The van der Waals surface area contributed by atoms with Crippen LogP contribution in [0.4, 0.5) is 13.2 Å². The second-order valence-corrected chi connectivity index (χ2v) is 10.1. The van der Waals surface area contributed by atoms with Crippen LogP contribution in [0.1, 0.15) is 57.0 Å². The number of ether oxygens (including phenoxy) is 1. The Morgan fingerprint density at radius 2 is 2.07 bits per heavy atom. The Labute approximate surface area is 180 Å². The van der Waals surface area contributed by atoms with Crippen molar-refractivity contribution in [3.63, 3.8) is 0 Å². The summed E-state index contributed by atoms with van der Waals surface area (Å²) in [5.41, 5.74) is 0.0888. The molecule has 4 nitrogen and oxygen atoms in total. The lowest BCUT2D eigenvalue weighted by molar-refractivity contribution is -0.137. The highest BCUT2D eigenvalue weighted by Gasteiger charge is 2.36. The van der Waals surface area contributed by atoms with Crippen molar-refractivity contribution in [2.45, 2.75) is 37.1 Å².